The Labute approximate surface area is 141 Å². The van der Waals surface area contributed by atoms with Crippen molar-refractivity contribution in [3.8, 4) is 5.75 Å². The van der Waals surface area contributed by atoms with Crippen LogP contribution >= 0.6 is 0 Å². The van der Waals surface area contributed by atoms with Gasteiger partial charge in [-0.05, 0) is 48.7 Å². The summed E-state index contributed by atoms with van der Waals surface area (Å²) in [4.78, 5) is 22.5. The van der Waals surface area contributed by atoms with Crippen LogP contribution in [0.15, 0.2) is 48.5 Å². The molecule has 0 aliphatic heterocycles. The molecule has 2 aromatic carbocycles. The summed E-state index contributed by atoms with van der Waals surface area (Å²) in [5.74, 6) is -0.154. The molecule has 0 aliphatic carbocycles. The number of hydrogen-bond donors (Lipinski definition) is 2. The Morgan fingerprint density at radius 1 is 1.12 bits per heavy atom. The molecule has 2 rings (SSSR count). The Morgan fingerprint density at radius 2 is 1.88 bits per heavy atom. The Balaban J connectivity index is 1.70. The first kappa shape index (κ1) is 17.5. The predicted molar refractivity (Wildman–Crippen MR) is 92.3 cm³/mol. The first-order chi connectivity index (χ1) is 11.5. The molecule has 0 spiro atoms. The Hall–Kier alpha value is -2.82. The maximum absolute atomic E-state index is 11.9. The average Bonchev–Trinajstić information content (AvgIpc) is 2.53. The van der Waals surface area contributed by atoms with Crippen LogP contribution in [-0.4, -0.2) is 23.6 Å². The van der Waals surface area contributed by atoms with E-state index in [1.54, 1.807) is 24.3 Å². The molecule has 0 bridgehead atoms. The lowest BCUT2D eigenvalue weighted by molar-refractivity contribution is -0.136. The van der Waals surface area contributed by atoms with Gasteiger partial charge in [0.2, 0.25) is 5.91 Å². The number of carbonyl (C=O) groups excluding carboxylic acids is 1. The lowest BCUT2D eigenvalue weighted by atomic mass is 10.1. The zero-order valence-corrected chi connectivity index (χ0v) is 13.6. The minimum atomic E-state index is -0.875. The van der Waals surface area contributed by atoms with Gasteiger partial charge in [-0.3, -0.25) is 9.59 Å². The fourth-order valence-corrected chi connectivity index (χ4v) is 2.23. The van der Waals surface area contributed by atoms with Crippen LogP contribution in [0.5, 0.6) is 5.75 Å². The summed E-state index contributed by atoms with van der Waals surface area (Å²) in [6, 6.07) is 14.6. The van der Waals surface area contributed by atoms with Crippen LogP contribution in [0, 0.1) is 6.92 Å². The molecule has 1 amide bonds. The van der Waals surface area contributed by atoms with Gasteiger partial charge in [-0.2, -0.15) is 0 Å². The maximum atomic E-state index is 11.9. The van der Waals surface area contributed by atoms with Gasteiger partial charge in [-0.25, -0.2) is 0 Å². The first-order valence-corrected chi connectivity index (χ1v) is 7.83. The molecule has 24 heavy (non-hydrogen) atoms. The largest absolute Gasteiger partial charge is 0.494 e. The van der Waals surface area contributed by atoms with Crippen molar-refractivity contribution in [3.05, 3.63) is 59.7 Å². The number of amides is 1. The van der Waals surface area contributed by atoms with E-state index in [9.17, 15) is 9.59 Å². The third-order valence-electron chi connectivity index (χ3n) is 3.40. The van der Waals surface area contributed by atoms with E-state index >= 15 is 0 Å². The summed E-state index contributed by atoms with van der Waals surface area (Å²) in [6.45, 7) is 2.48. The second-order valence-corrected chi connectivity index (χ2v) is 5.58. The van der Waals surface area contributed by atoms with Crippen molar-refractivity contribution in [2.24, 2.45) is 0 Å². The van der Waals surface area contributed by atoms with Crippen LogP contribution in [0.1, 0.15) is 24.0 Å². The van der Waals surface area contributed by atoms with Crippen molar-refractivity contribution in [2.45, 2.75) is 26.2 Å². The fraction of sp³-hybridized carbons (Fsp3) is 0.263. The summed E-state index contributed by atoms with van der Waals surface area (Å²) < 4.78 is 5.60. The minimum absolute atomic E-state index is 0.0233. The zero-order chi connectivity index (χ0) is 17.4. The van der Waals surface area contributed by atoms with Crippen LogP contribution in [0.25, 0.3) is 0 Å². The minimum Gasteiger partial charge on any atom is -0.494 e. The van der Waals surface area contributed by atoms with E-state index in [0.717, 1.165) is 11.3 Å². The van der Waals surface area contributed by atoms with E-state index in [2.05, 4.69) is 5.32 Å². The average molecular weight is 327 g/mol. The Bertz CT molecular complexity index is 695. The number of hydrogen-bond acceptors (Lipinski definition) is 3. The molecular weight excluding hydrogens is 306 g/mol. The molecule has 2 N–H and O–H groups in total. The lowest BCUT2D eigenvalue weighted by Crippen LogP contribution is -2.13. The van der Waals surface area contributed by atoms with Gasteiger partial charge in [0.05, 0.1) is 13.0 Å². The van der Waals surface area contributed by atoms with Gasteiger partial charge < -0.3 is 15.2 Å². The van der Waals surface area contributed by atoms with Gasteiger partial charge in [0.15, 0.2) is 0 Å². The normalized spacial score (nSPS) is 10.2. The number of ether oxygens (including phenoxy) is 1. The van der Waals surface area contributed by atoms with Crippen LogP contribution in [-0.2, 0) is 16.0 Å². The molecule has 0 heterocycles. The zero-order valence-electron chi connectivity index (χ0n) is 13.6. The van der Waals surface area contributed by atoms with Crippen molar-refractivity contribution in [3.63, 3.8) is 0 Å². The third kappa shape index (κ3) is 6.12. The molecule has 0 aromatic heterocycles. The number of aliphatic carboxylic acids is 1. The molecule has 0 atom stereocenters. The van der Waals surface area contributed by atoms with Crippen LogP contribution < -0.4 is 10.1 Å². The molecular formula is C19H21NO4. The molecule has 2 aromatic rings. The topological polar surface area (TPSA) is 75.6 Å². The van der Waals surface area contributed by atoms with E-state index in [1.807, 2.05) is 31.2 Å². The van der Waals surface area contributed by atoms with Gasteiger partial charge >= 0.3 is 5.97 Å². The van der Waals surface area contributed by atoms with Gasteiger partial charge in [-0.15, -0.1) is 0 Å². The quantitative estimate of drug-likeness (QED) is 0.729. The monoisotopic (exact) mass is 327 g/mol. The van der Waals surface area contributed by atoms with Crippen LogP contribution in [0.2, 0.25) is 0 Å². The molecule has 0 fully saturated rings. The third-order valence-corrected chi connectivity index (χ3v) is 3.40. The molecule has 0 saturated carbocycles. The maximum Gasteiger partial charge on any atom is 0.307 e. The number of rotatable bonds is 8. The standard InChI is InChI=1S/C19H21NO4/c1-14-4-2-5-17(12-14)24-11-3-6-18(21)20-16-9-7-15(8-10-16)13-19(22)23/h2,4-5,7-10,12H,3,6,11,13H2,1H3,(H,20,21)(H,22,23). The number of carboxylic acid groups (broad SMARTS) is 1. The van der Waals surface area contributed by atoms with E-state index in [4.69, 9.17) is 9.84 Å². The van der Waals surface area contributed by atoms with E-state index in [-0.39, 0.29) is 12.3 Å². The fourth-order valence-electron chi connectivity index (χ4n) is 2.23. The van der Waals surface area contributed by atoms with Gasteiger partial charge in [-0.1, -0.05) is 24.3 Å². The number of carbonyl (C=O) groups is 2. The van der Waals surface area contributed by atoms with Gasteiger partial charge in [0.1, 0.15) is 5.75 Å². The van der Waals surface area contributed by atoms with Gasteiger partial charge in [0, 0.05) is 12.1 Å². The number of anilines is 1. The van der Waals surface area contributed by atoms with Crippen LogP contribution in [0.3, 0.4) is 0 Å². The number of nitrogens with one attached hydrogen (secondary N) is 1. The highest BCUT2D eigenvalue weighted by Crippen LogP contribution is 2.13. The molecule has 0 saturated heterocycles. The number of aryl methyl sites for hydroxylation is 1. The van der Waals surface area contributed by atoms with Crippen LogP contribution in [0.4, 0.5) is 5.69 Å². The van der Waals surface area contributed by atoms with E-state index < -0.39 is 5.97 Å². The predicted octanol–water partition coefficient (Wildman–Crippen LogP) is 3.42. The molecule has 0 radical (unpaired) electrons. The second kappa shape index (κ2) is 8.72. The SMILES string of the molecule is Cc1cccc(OCCCC(=O)Nc2ccc(CC(=O)O)cc2)c1. The summed E-state index contributed by atoms with van der Waals surface area (Å²) in [7, 11) is 0. The smallest absolute Gasteiger partial charge is 0.307 e. The van der Waals surface area contributed by atoms with Crippen molar-refractivity contribution in [1.29, 1.82) is 0 Å². The Morgan fingerprint density at radius 3 is 2.54 bits per heavy atom. The molecule has 5 heteroatoms. The highest BCUT2D eigenvalue weighted by atomic mass is 16.5. The molecule has 5 nitrogen and oxygen atoms in total. The highest BCUT2D eigenvalue weighted by Gasteiger charge is 2.04. The van der Waals surface area contributed by atoms with Crippen molar-refractivity contribution in [1.82, 2.24) is 0 Å². The second-order valence-electron chi connectivity index (χ2n) is 5.58. The number of carboxylic acids is 1. The lowest BCUT2D eigenvalue weighted by Gasteiger charge is -2.08. The van der Waals surface area contributed by atoms with Crippen molar-refractivity contribution in [2.75, 3.05) is 11.9 Å². The Kier molecular flexibility index (Phi) is 6.37. The summed E-state index contributed by atoms with van der Waals surface area (Å²) >= 11 is 0. The first-order valence-electron chi connectivity index (χ1n) is 7.83. The van der Waals surface area contributed by atoms with E-state index in [0.29, 0.717) is 30.7 Å². The van der Waals surface area contributed by atoms with Crippen molar-refractivity contribution < 1.29 is 19.4 Å². The van der Waals surface area contributed by atoms with Gasteiger partial charge in [0.25, 0.3) is 0 Å². The molecule has 0 unspecified atom stereocenters. The molecule has 126 valence electrons. The molecule has 0 aliphatic rings. The van der Waals surface area contributed by atoms with E-state index in [1.165, 1.54) is 0 Å². The van der Waals surface area contributed by atoms with Crippen molar-refractivity contribution >= 4 is 17.6 Å². The summed E-state index contributed by atoms with van der Waals surface area (Å²) in [6.07, 6.45) is 0.962. The summed E-state index contributed by atoms with van der Waals surface area (Å²) in [5, 5.41) is 11.5. The number of benzene rings is 2. The summed E-state index contributed by atoms with van der Waals surface area (Å²) in [5.41, 5.74) is 2.50. The highest BCUT2D eigenvalue weighted by molar-refractivity contribution is 5.90.